The highest BCUT2D eigenvalue weighted by Crippen LogP contribution is 2.17. The summed E-state index contributed by atoms with van der Waals surface area (Å²) in [6, 6.07) is 6.61. The van der Waals surface area contributed by atoms with Gasteiger partial charge in [-0.15, -0.1) is 0 Å². The number of rotatable bonds is 2. The predicted molar refractivity (Wildman–Crippen MR) is 63.0 cm³/mol. The van der Waals surface area contributed by atoms with Crippen LogP contribution in [0.4, 0.5) is 10.5 Å². The molecule has 1 aliphatic heterocycles. The zero-order valence-corrected chi connectivity index (χ0v) is 9.60. The zero-order chi connectivity index (χ0) is 12.3. The fourth-order valence-electron chi connectivity index (χ4n) is 1.73. The topological polar surface area (TPSA) is 58.6 Å². The van der Waals surface area contributed by atoms with Crippen LogP contribution in [-0.2, 0) is 4.79 Å². The molecule has 2 rings (SSSR count). The van der Waals surface area contributed by atoms with E-state index in [1.165, 1.54) is 4.90 Å². The van der Waals surface area contributed by atoms with Crippen LogP contribution in [0.2, 0.25) is 0 Å². The summed E-state index contributed by atoms with van der Waals surface area (Å²) in [5.74, 6) is 0.608. The fraction of sp³-hybridized carbons (Fsp3) is 0.333. The number of amides is 3. The Kier molecular flexibility index (Phi) is 3.27. The third-order valence-electron chi connectivity index (χ3n) is 2.66. The lowest BCUT2D eigenvalue weighted by molar-refractivity contribution is -0.125. The number of carbonyl (C=O) groups excluding carboxylic acids is 2. The van der Waals surface area contributed by atoms with Crippen molar-refractivity contribution < 1.29 is 14.3 Å². The highest BCUT2D eigenvalue weighted by molar-refractivity contribution is 6.02. The molecule has 1 aliphatic rings. The molecular formula is C12H14N2O3. The number of anilines is 1. The normalized spacial score (nSPS) is 14.9. The number of benzene rings is 1. The molecule has 1 aromatic rings. The highest BCUT2D eigenvalue weighted by Gasteiger charge is 2.26. The lowest BCUT2D eigenvalue weighted by Crippen LogP contribution is -2.35. The maximum Gasteiger partial charge on any atom is 0.328 e. The van der Waals surface area contributed by atoms with Crippen molar-refractivity contribution in [1.82, 2.24) is 4.90 Å². The van der Waals surface area contributed by atoms with Gasteiger partial charge < -0.3 is 10.1 Å². The van der Waals surface area contributed by atoms with Crippen LogP contribution in [0.5, 0.6) is 5.75 Å². The maximum absolute atomic E-state index is 11.7. The van der Waals surface area contributed by atoms with E-state index in [1.54, 1.807) is 31.4 Å². The molecule has 0 radical (unpaired) electrons. The average molecular weight is 234 g/mol. The van der Waals surface area contributed by atoms with Gasteiger partial charge in [0.25, 0.3) is 0 Å². The van der Waals surface area contributed by atoms with Crippen LogP contribution in [0.3, 0.4) is 0 Å². The van der Waals surface area contributed by atoms with Gasteiger partial charge in [-0.05, 0) is 30.7 Å². The lowest BCUT2D eigenvalue weighted by atomic mass is 10.3. The van der Waals surface area contributed by atoms with Crippen LogP contribution in [0.15, 0.2) is 24.3 Å². The Bertz CT molecular complexity index is 428. The van der Waals surface area contributed by atoms with Gasteiger partial charge >= 0.3 is 6.03 Å². The molecule has 0 unspecified atom stereocenters. The van der Waals surface area contributed by atoms with Crippen molar-refractivity contribution in [2.24, 2.45) is 0 Å². The van der Waals surface area contributed by atoms with E-state index in [1.807, 2.05) is 0 Å². The van der Waals surface area contributed by atoms with Crippen LogP contribution in [0, 0.1) is 0 Å². The van der Waals surface area contributed by atoms with Gasteiger partial charge in [0.15, 0.2) is 0 Å². The average Bonchev–Trinajstić information content (AvgIpc) is 2.76. The van der Waals surface area contributed by atoms with E-state index < -0.39 is 0 Å². The van der Waals surface area contributed by atoms with Gasteiger partial charge in [-0.1, -0.05) is 0 Å². The molecule has 0 aliphatic carbocycles. The predicted octanol–water partition coefficient (Wildman–Crippen LogP) is 1.85. The van der Waals surface area contributed by atoms with Gasteiger partial charge in [-0.2, -0.15) is 0 Å². The van der Waals surface area contributed by atoms with E-state index in [4.69, 9.17) is 4.74 Å². The van der Waals surface area contributed by atoms with Crippen molar-refractivity contribution in [2.45, 2.75) is 12.8 Å². The van der Waals surface area contributed by atoms with E-state index in [9.17, 15) is 9.59 Å². The molecule has 0 atom stereocenters. The summed E-state index contributed by atoms with van der Waals surface area (Å²) in [5, 5.41) is 2.68. The Balaban J connectivity index is 2.00. The Morgan fingerprint density at radius 1 is 1.35 bits per heavy atom. The number of nitrogens with one attached hydrogen (secondary N) is 1. The molecule has 0 saturated carbocycles. The summed E-state index contributed by atoms with van der Waals surface area (Å²) >= 11 is 0. The number of hydrogen-bond acceptors (Lipinski definition) is 3. The smallest absolute Gasteiger partial charge is 0.328 e. The third kappa shape index (κ3) is 2.55. The largest absolute Gasteiger partial charge is 0.497 e. The fourth-order valence-corrected chi connectivity index (χ4v) is 1.73. The molecule has 17 heavy (non-hydrogen) atoms. The van der Waals surface area contributed by atoms with Crippen LogP contribution >= 0.6 is 0 Å². The van der Waals surface area contributed by atoms with E-state index in [2.05, 4.69) is 5.32 Å². The van der Waals surface area contributed by atoms with E-state index in [0.29, 0.717) is 18.7 Å². The molecular weight excluding hydrogens is 220 g/mol. The zero-order valence-electron chi connectivity index (χ0n) is 9.60. The Morgan fingerprint density at radius 3 is 2.59 bits per heavy atom. The number of methoxy groups -OCH3 is 1. The SMILES string of the molecule is COc1ccc(NC(=O)N2CCCC2=O)cc1. The summed E-state index contributed by atoms with van der Waals surface area (Å²) in [7, 11) is 1.58. The van der Waals surface area contributed by atoms with Gasteiger partial charge in [0.2, 0.25) is 5.91 Å². The number of nitrogens with zero attached hydrogens (tertiary/aromatic N) is 1. The molecule has 5 nitrogen and oxygen atoms in total. The van der Waals surface area contributed by atoms with E-state index >= 15 is 0 Å². The minimum absolute atomic E-state index is 0.115. The van der Waals surface area contributed by atoms with Crippen LogP contribution in [0.1, 0.15) is 12.8 Å². The lowest BCUT2D eigenvalue weighted by Gasteiger charge is -2.14. The second-order valence-electron chi connectivity index (χ2n) is 3.81. The molecule has 1 saturated heterocycles. The van der Waals surface area contributed by atoms with Crippen LogP contribution in [0.25, 0.3) is 0 Å². The van der Waals surface area contributed by atoms with Gasteiger partial charge in [0, 0.05) is 18.7 Å². The number of hydrogen-bond donors (Lipinski definition) is 1. The molecule has 1 aromatic carbocycles. The number of imide groups is 1. The summed E-state index contributed by atoms with van der Waals surface area (Å²) in [6.45, 7) is 0.501. The third-order valence-corrected chi connectivity index (χ3v) is 2.66. The first kappa shape index (κ1) is 11.4. The van der Waals surface area contributed by atoms with Crippen molar-refractivity contribution in [1.29, 1.82) is 0 Å². The van der Waals surface area contributed by atoms with Gasteiger partial charge in [0.05, 0.1) is 7.11 Å². The van der Waals surface area contributed by atoms with Crippen molar-refractivity contribution in [3.05, 3.63) is 24.3 Å². The molecule has 1 fully saturated rings. The molecule has 5 heteroatoms. The van der Waals surface area contributed by atoms with Gasteiger partial charge in [-0.3, -0.25) is 9.69 Å². The first-order chi connectivity index (χ1) is 8.20. The minimum Gasteiger partial charge on any atom is -0.497 e. The van der Waals surface area contributed by atoms with Gasteiger partial charge in [-0.25, -0.2) is 4.79 Å². The summed E-state index contributed by atoms with van der Waals surface area (Å²) in [6.07, 6.45) is 1.20. The number of urea groups is 1. The van der Waals surface area contributed by atoms with Gasteiger partial charge in [0.1, 0.15) is 5.75 Å². The van der Waals surface area contributed by atoms with Crippen molar-refractivity contribution in [3.63, 3.8) is 0 Å². The van der Waals surface area contributed by atoms with Crippen molar-refractivity contribution >= 4 is 17.6 Å². The molecule has 0 bridgehead atoms. The Morgan fingerprint density at radius 2 is 2.06 bits per heavy atom. The molecule has 1 heterocycles. The number of likely N-dealkylation sites (tertiary alicyclic amines) is 1. The Labute approximate surface area is 99.4 Å². The first-order valence-corrected chi connectivity index (χ1v) is 5.46. The second kappa shape index (κ2) is 4.86. The van der Waals surface area contributed by atoms with Crippen molar-refractivity contribution in [2.75, 3.05) is 19.0 Å². The highest BCUT2D eigenvalue weighted by atomic mass is 16.5. The monoisotopic (exact) mass is 234 g/mol. The number of carbonyl (C=O) groups is 2. The summed E-state index contributed by atoms with van der Waals surface area (Å²) in [4.78, 5) is 24.3. The first-order valence-electron chi connectivity index (χ1n) is 5.46. The van der Waals surface area contributed by atoms with Crippen LogP contribution < -0.4 is 10.1 Å². The molecule has 90 valence electrons. The quantitative estimate of drug-likeness (QED) is 0.849. The number of ether oxygens (including phenoxy) is 1. The van der Waals surface area contributed by atoms with Crippen LogP contribution in [-0.4, -0.2) is 30.5 Å². The summed E-state index contributed by atoms with van der Waals surface area (Å²) in [5.41, 5.74) is 0.649. The molecule has 1 N–H and O–H groups in total. The molecule has 0 aromatic heterocycles. The summed E-state index contributed by atoms with van der Waals surface area (Å²) < 4.78 is 5.01. The van der Waals surface area contributed by atoms with Crippen molar-refractivity contribution in [3.8, 4) is 5.75 Å². The van der Waals surface area contributed by atoms with E-state index in [0.717, 1.165) is 12.2 Å². The maximum atomic E-state index is 11.7. The Hall–Kier alpha value is -2.04. The molecule has 0 spiro atoms. The minimum atomic E-state index is -0.363. The van der Waals surface area contributed by atoms with E-state index in [-0.39, 0.29) is 11.9 Å². The standard InChI is InChI=1S/C12H14N2O3/c1-17-10-6-4-9(5-7-10)13-12(16)14-8-2-3-11(14)15/h4-7H,2-3,8H2,1H3,(H,13,16). The molecule has 3 amide bonds. The second-order valence-corrected chi connectivity index (χ2v) is 3.81.